The fourth-order valence-corrected chi connectivity index (χ4v) is 6.68. The number of hydrogen-bond acceptors (Lipinski definition) is 6. The lowest BCUT2D eigenvalue weighted by atomic mass is 9.99. The monoisotopic (exact) mass is 314 g/mol. The largest absolute Gasteiger partial charge is 0.300 e. The number of rotatable bonds is 4. The molecule has 0 bridgehead atoms. The van der Waals surface area contributed by atoms with E-state index >= 15 is 0 Å². The van der Waals surface area contributed by atoms with Crippen LogP contribution in [0.2, 0.25) is 0 Å². The number of carbonyl (C=O) groups excluding carboxylic acids is 1. The predicted octanol–water partition coefficient (Wildman–Crippen LogP) is 4.18. The lowest BCUT2D eigenvalue weighted by Crippen LogP contribution is -2.16. The van der Waals surface area contributed by atoms with Crippen LogP contribution >= 0.6 is 34.9 Å². The molecule has 2 saturated carbocycles. The number of hydrogen-bond donors (Lipinski definition) is 0. The maximum atomic E-state index is 11.4. The maximum absolute atomic E-state index is 11.4. The summed E-state index contributed by atoms with van der Waals surface area (Å²) in [5, 5.41) is 9.75. The highest BCUT2D eigenvalue weighted by molar-refractivity contribution is 8.03. The van der Waals surface area contributed by atoms with Gasteiger partial charge in [0.2, 0.25) is 0 Å². The summed E-state index contributed by atoms with van der Waals surface area (Å²) >= 11 is 5.36. The molecule has 0 radical (unpaired) electrons. The lowest BCUT2D eigenvalue weighted by Gasteiger charge is -2.18. The summed E-state index contributed by atoms with van der Waals surface area (Å²) in [5.74, 6) is 0.411. The van der Waals surface area contributed by atoms with E-state index in [1.807, 2.05) is 11.8 Å². The van der Waals surface area contributed by atoms with Gasteiger partial charge in [-0.2, -0.15) is 0 Å². The van der Waals surface area contributed by atoms with Crippen molar-refractivity contribution in [2.24, 2.45) is 0 Å². The van der Waals surface area contributed by atoms with Crippen molar-refractivity contribution in [2.75, 3.05) is 0 Å². The van der Waals surface area contributed by atoms with Crippen LogP contribution in [0.15, 0.2) is 8.68 Å². The standard InChI is InChI=1S/C13H18N2OS3/c16-9-4-3-7-11(8-9)18-13-15-14-12(19-13)17-10-5-1-2-6-10/h10-11H,1-8H2. The molecule has 0 aromatic carbocycles. The van der Waals surface area contributed by atoms with Crippen LogP contribution in [0.4, 0.5) is 0 Å². The summed E-state index contributed by atoms with van der Waals surface area (Å²) in [5.41, 5.74) is 0. The molecule has 1 unspecified atom stereocenters. The minimum Gasteiger partial charge on any atom is -0.300 e. The van der Waals surface area contributed by atoms with Gasteiger partial charge in [-0.3, -0.25) is 4.79 Å². The average molecular weight is 315 g/mol. The van der Waals surface area contributed by atoms with Crippen molar-refractivity contribution in [3.8, 4) is 0 Å². The third-order valence-corrected chi connectivity index (χ3v) is 7.36. The zero-order chi connectivity index (χ0) is 13.1. The van der Waals surface area contributed by atoms with Gasteiger partial charge in [-0.15, -0.1) is 10.2 Å². The van der Waals surface area contributed by atoms with Crippen LogP contribution in [0.5, 0.6) is 0 Å². The second kappa shape index (κ2) is 6.59. The fraction of sp³-hybridized carbons (Fsp3) is 0.769. The smallest absolute Gasteiger partial charge is 0.175 e. The Hall–Kier alpha value is -0.0700. The topological polar surface area (TPSA) is 42.9 Å². The molecule has 6 heteroatoms. The summed E-state index contributed by atoms with van der Waals surface area (Å²) in [7, 11) is 0. The minimum absolute atomic E-state index is 0.411. The van der Waals surface area contributed by atoms with Crippen LogP contribution in [0.1, 0.15) is 51.4 Å². The van der Waals surface area contributed by atoms with E-state index in [1.54, 1.807) is 23.1 Å². The second-order valence-corrected chi connectivity index (χ2v) is 9.31. The van der Waals surface area contributed by atoms with Crippen molar-refractivity contribution in [1.29, 1.82) is 0 Å². The SMILES string of the molecule is O=C1CCCC(Sc2nnc(SC3CCCC3)s2)C1. The zero-order valence-corrected chi connectivity index (χ0v) is 13.3. The Bertz CT molecular complexity index is 443. The Labute approximate surface area is 126 Å². The predicted molar refractivity (Wildman–Crippen MR) is 81.1 cm³/mol. The van der Waals surface area contributed by atoms with E-state index in [1.165, 1.54) is 25.7 Å². The van der Waals surface area contributed by atoms with E-state index < -0.39 is 0 Å². The van der Waals surface area contributed by atoms with Gasteiger partial charge in [-0.1, -0.05) is 47.7 Å². The zero-order valence-electron chi connectivity index (χ0n) is 10.8. The highest BCUT2D eigenvalue weighted by Gasteiger charge is 2.23. The van der Waals surface area contributed by atoms with Gasteiger partial charge in [0.25, 0.3) is 0 Å². The number of thioether (sulfide) groups is 2. The number of Topliss-reactive ketones (excluding diaryl/α,β-unsaturated/α-hetero) is 1. The Morgan fingerprint density at radius 3 is 2.26 bits per heavy atom. The molecule has 1 atom stereocenters. The third-order valence-electron chi connectivity index (χ3n) is 3.66. The first kappa shape index (κ1) is 13.9. The van der Waals surface area contributed by atoms with Crippen LogP contribution in [0, 0.1) is 0 Å². The minimum atomic E-state index is 0.411. The summed E-state index contributed by atoms with van der Waals surface area (Å²) in [6.07, 6.45) is 9.05. The fourth-order valence-electron chi connectivity index (χ4n) is 2.67. The molecule has 0 saturated heterocycles. The van der Waals surface area contributed by atoms with Gasteiger partial charge in [-0.25, -0.2) is 0 Å². The van der Waals surface area contributed by atoms with Gasteiger partial charge in [0.1, 0.15) is 5.78 Å². The molecule has 0 N–H and O–H groups in total. The van der Waals surface area contributed by atoms with Crippen LogP contribution in [0.3, 0.4) is 0 Å². The molecule has 104 valence electrons. The molecule has 2 aliphatic rings. The molecular weight excluding hydrogens is 296 g/mol. The molecule has 0 aliphatic heterocycles. The van der Waals surface area contributed by atoms with E-state index in [0.717, 1.165) is 39.6 Å². The maximum Gasteiger partial charge on any atom is 0.175 e. The molecule has 0 spiro atoms. The molecule has 1 aromatic rings. The van der Waals surface area contributed by atoms with E-state index in [-0.39, 0.29) is 0 Å². The molecule has 1 heterocycles. The number of nitrogens with zero attached hydrogens (tertiary/aromatic N) is 2. The molecule has 0 amide bonds. The number of ketones is 1. The van der Waals surface area contributed by atoms with Crippen molar-refractivity contribution in [1.82, 2.24) is 10.2 Å². The van der Waals surface area contributed by atoms with Crippen LogP contribution in [0.25, 0.3) is 0 Å². The first-order valence-electron chi connectivity index (χ1n) is 6.98. The van der Waals surface area contributed by atoms with Gasteiger partial charge in [0.15, 0.2) is 8.68 Å². The third kappa shape index (κ3) is 3.95. The second-order valence-electron chi connectivity index (χ2n) is 5.23. The summed E-state index contributed by atoms with van der Waals surface area (Å²) in [6.45, 7) is 0. The van der Waals surface area contributed by atoms with E-state index in [0.29, 0.717) is 11.0 Å². The Morgan fingerprint density at radius 1 is 0.947 bits per heavy atom. The molecule has 2 fully saturated rings. The van der Waals surface area contributed by atoms with Crippen molar-refractivity contribution >= 4 is 40.6 Å². The Morgan fingerprint density at radius 2 is 1.58 bits per heavy atom. The molecule has 1 aromatic heterocycles. The van der Waals surface area contributed by atoms with Crippen molar-refractivity contribution in [2.45, 2.75) is 70.5 Å². The molecule has 3 nitrogen and oxygen atoms in total. The van der Waals surface area contributed by atoms with Crippen LogP contribution in [-0.2, 0) is 4.79 Å². The normalized spacial score (nSPS) is 25.1. The van der Waals surface area contributed by atoms with E-state index in [4.69, 9.17) is 0 Å². The van der Waals surface area contributed by atoms with Gasteiger partial charge in [-0.05, 0) is 25.7 Å². The average Bonchev–Trinajstić information content (AvgIpc) is 3.02. The number of carbonyl (C=O) groups is 1. The van der Waals surface area contributed by atoms with Gasteiger partial charge >= 0.3 is 0 Å². The summed E-state index contributed by atoms with van der Waals surface area (Å²) in [6, 6.07) is 0. The Kier molecular flexibility index (Phi) is 4.82. The lowest BCUT2D eigenvalue weighted by molar-refractivity contribution is -0.120. The summed E-state index contributed by atoms with van der Waals surface area (Å²) < 4.78 is 2.15. The molecule has 3 rings (SSSR count). The van der Waals surface area contributed by atoms with Crippen molar-refractivity contribution in [3.05, 3.63) is 0 Å². The number of aromatic nitrogens is 2. The molecular formula is C13H18N2OS3. The highest BCUT2D eigenvalue weighted by atomic mass is 32.2. The summed E-state index contributed by atoms with van der Waals surface area (Å²) in [4.78, 5) is 11.4. The first-order valence-corrected chi connectivity index (χ1v) is 9.56. The van der Waals surface area contributed by atoms with Gasteiger partial charge < -0.3 is 0 Å². The van der Waals surface area contributed by atoms with Gasteiger partial charge in [0, 0.05) is 23.3 Å². The van der Waals surface area contributed by atoms with Crippen molar-refractivity contribution in [3.63, 3.8) is 0 Å². The first-order chi connectivity index (χ1) is 9.29. The highest BCUT2D eigenvalue weighted by Crippen LogP contribution is 2.39. The van der Waals surface area contributed by atoms with E-state index in [2.05, 4.69) is 10.2 Å². The van der Waals surface area contributed by atoms with Crippen molar-refractivity contribution < 1.29 is 4.79 Å². The quantitative estimate of drug-likeness (QED) is 0.834. The molecule has 19 heavy (non-hydrogen) atoms. The van der Waals surface area contributed by atoms with E-state index in [9.17, 15) is 4.79 Å². The van der Waals surface area contributed by atoms with Crippen LogP contribution < -0.4 is 0 Å². The van der Waals surface area contributed by atoms with Crippen LogP contribution in [-0.4, -0.2) is 26.5 Å². The van der Waals surface area contributed by atoms with Gasteiger partial charge in [0.05, 0.1) is 0 Å². The Balaban J connectivity index is 1.53. The molecule has 2 aliphatic carbocycles.